The molecule has 1 saturated heterocycles. The van der Waals surface area contributed by atoms with Crippen molar-refractivity contribution in [1.82, 2.24) is 9.80 Å². The predicted octanol–water partition coefficient (Wildman–Crippen LogP) is 4.36. The van der Waals surface area contributed by atoms with Crippen LogP contribution in [0.1, 0.15) is 27.2 Å². The van der Waals surface area contributed by atoms with Crippen LogP contribution in [0.3, 0.4) is 0 Å². The van der Waals surface area contributed by atoms with Crippen LogP contribution in [0.15, 0.2) is 64.4 Å². The number of carbonyl (C=O) groups is 2. The summed E-state index contributed by atoms with van der Waals surface area (Å²) in [6, 6.07) is 17.8. The van der Waals surface area contributed by atoms with E-state index in [0.717, 1.165) is 28.6 Å². The lowest BCUT2D eigenvalue weighted by Gasteiger charge is -2.37. The smallest absolute Gasteiger partial charge is 0.241 e. The minimum absolute atomic E-state index is 0.0157. The molecule has 1 fully saturated rings. The number of carbonyl (C=O) groups excluding carboxylic acids is 2. The minimum atomic E-state index is -0.248. The summed E-state index contributed by atoms with van der Waals surface area (Å²) in [5.41, 5.74) is 0.828. The Balaban J connectivity index is 1.57. The van der Waals surface area contributed by atoms with Gasteiger partial charge in [-0.2, -0.15) is 0 Å². The zero-order valence-electron chi connectivity index (χ0n) is 18.0. The molecule has 2 amide bonds. The fraction of sp³-hybridized carbons (Fsp3) is 0.417. The van der Waals surface area contributed by atoms with Crippen molar-refractivity contribution in [2.45, 2.75) is 43.0 Å². The van der Waals surface area contributed by atoms with Crippen LogP contribution >= 0.6 is 11.8 Å². The summed E-state index contributed by atoms with van der Waals surface area (Å²) >= 11 is 1.64. The number of hydrogen-bond donors (Lipinski definition) is 1. The fourth-order valence-corrected chi connectivity index (χ4v) is 4.44. The number of benzene rings is 2. The molecule has 0 aromatic heterocycles. The third kappa shape index (κ3) is 6.09. The first-order valence-electron chi connectivity index (χ1n) is 10.6. The SMILES string of the molecule is CC(C)CC(=O)N1CCN(C(C)C(=O)Nc2ccccc2Sc2ccccc2)CC1. The molecule has 30 heavy (non-hydrogen) atoms. The van der Waals surface area contributed by atoms with Gasteiger partial charge in [-0.3, -0.25) is 14.5 Å². The van der Waals surface area contributed by atoms with Crippen molar-refractivity contribution >= 4 is 29.3 Å². The van der Waals surface area contributed by atoms with Crippen LogP contribution in [-0.2, 0) is 9.59 Å². The Hall–Kier alpha value is -2.31. The van der Waals surface area contributed by atoms with Gasteiger partial charge in [0.15, 0.2) is 0 Å². The summed E-state index contributed by atoms with van der Waals surface area (Å²) < 4.78 is 0. The second-order valence-corrected chi connectivity index (χ2v) is 9.21. The summed E-state index contributed by atoms with van der Waals surface area (Å²) in [6.07, 6.45) is 0.589. The minimum Gasteiger partial charge on any atom is -0.340 e. The molecule has 0 aliphatic carbocycles. The first kappa shape index (κ1) is 22.4. The van der Waals surface area contributed by atoms with E-state index < -0.39 is 0 Å². The van der Waals surface area contributed by atoms with Gasteiger partial charge in [-0.1, -0.05) is 55.9 Å². The monoisotopic (exact) mass is 425 g/mol. The van der Waals surface area contributed by atoms with Crippen LogP contribution < -0.4 is 5.32 Å². The highest BCUT2D eigenvalue weighted by atomic mass is 32.2. The summed E-state index contributed by atoms with van der Waals surface area (Å²) in [6.45, 7) is 8.88. The second kappa shape index (κ2) is 10.6. The van der Waals surface area contributed by atoms with Crippen LogP contribution in [0.4, 0.5) is 5.69 Å². The van der Waals surface area contributed by atoms with Crippen LogP contribution in [0.25, 0.3) is 0 Å². The van der Waals surface area contributed by atoms with Gasteiger partial charge in [0.2, 0.25) is 11.8 Å². The van der Waals surface area contributed by atoms with Crippen molar-refractivity contribution in [3.63, 3.8) is 0 Å². The van der Waals surface area contributed by atoms with E-state index in [1.54, 1.807) is 11.8 Å². The number of amides is 2. The van der Waals surface area contributed by atoms with Gasteiger partial charge in [-0.15, -0.1) is 0 Å². The van der Waals surface area contributed by atoms with E-state index in [0.29, 0.717) is 25.4 Å². The molecule has 1 heterocycles. The summed E-state index contributed by atoms with van der Waals surface area (Å²) in [7, 11) is 0. The molecule has 2 aromatic carbocycles. The van der Waals surface area contributed by atoms with Crippen LogP contribution in [0.5, 0.6) is 0 Å². The van der Waals surface area contributed by atoms with Gasteiger partial charge >= 0.3 is 0 Å². The van der Waals surface area contributed by atoms with Gasteiger partial charge in [-0.25, -0.2) is 0 Å². The Bertz CT molecular complexity index is 849. The number of piperazine rings is 1. The lowest BCUT2D eigenvalue weighted by Crippen LogP contribution is -2.54. The topological polar surface area (TPSA) is 52.7 Å². The van der Waals surface area contributed by atoms with Gasteiger partial charge in [0.1, 0.15) is 0 Å². The fourth-order valence-electron chi connectivity index (χ4n) is 3.51. The van der Waals surface area contributed by atoms with E-state index in [1.807, 2.05) is 54.3 Å². The Labute approximate surface area is 183 Å². The number of hydrogen-bond acceptors (Lipinski definition) is 4. The molecule has 0 saturated carbocycles. The first-order valence-corrected chi connectivity index (χ1v) is 11.4. The van der Waals surface area contributed by atoms with E-state index in [9.17, 15) is 9.59 Å². The number of anilines is 1. The summed E-state index contributed by atoms with van der Waals surface area (Å²) in [5, 5.41) is 3.11. The lowest BCUT2D eigenvalue weighted by atomic mass is 10.1. The average molecular weight is 426 g/mol. The first-order chi connectivity index (χ1) is 14.4. The molecule has 3 rings (SSSR count). The van der Waals surface area contributed by atoms with Crippen LogP contribution in [-0.4, -0.2) is 53.8 Å². The van der Waals surface area contributed by atoms with Crippen molar-refractivity contribution in [3.05, 3.63) is 54.6 Å². The molecular weight excluding hydrogens is 394 g/mol. The van der Waals surface area contributed by atoms with E-state index in [-0.39, 0.29) is 17.9 Å². The maximum absolute atomic E-state index is 12.9. The standard InChI is InChI=1S/C24H31N3O2S/c1-18(2)17-23(28)27-15-13-26(14-16-27)19(3)24(29)25-21-11-7-8-12-22(21)30-20-9-5-4-6-10-20/h4-12,18-19H,13-17H2,1-3H3,(H,25,29). The highest BCUT2D eigenvalue weighted by Crippen LogP contribution is 2.33. The zero-order valence-corrected chi connectivity index (χ0v) is 18.8. The molecule has 1 N–H and O–H groups in total. The lowest BCUT2D eigenvalue weighted by molar-refractivity contribution is -0.134. The van der Waals surface area contributed by atoms with E-state index in [4.69, 9.17) is 0 Å². The molecule has 1 unspecified atom stereocenters. The molecule has 0 radical (unpaired) electrons. The van der Waals surface area contributed by atoms with Crippen molar-refractivity contribution in [1.29, 1.82) is 0 Å². The highest BCUT2D eigenvalue weighted by molar-refractivity contribution is 7.99. The third-order valence-electron chi connectivity index (χ3n) is 5.29. The Morgan fingerprint density at radius 3 is 2.23 bits per heavy atom. The molecule has 0 bridgehead atoms. The van der Waals surface area contributed by atoms with Gasteiger partial charge in [0.25, 0.3) is 0 Å². The van der Waals surface area contributed by atoms with Crippen molar-refractivity contribution in [2.24, 2.45) is 5.92 Å². The molecule has 1 atom stereocenters. The molecule has 2 aromatic rings. The molecule has 6 heteroatoms. The van der Waals surface area contributed by atoms with Crippen molar-refractivity contribution in [3.8, 4) is 0 Å². The van der Waals surface area contributed by atoms with Crippen LogP contribution in [0, 0.1) is 5.92 Å². The average Bonchev–Trinajstić information content (AvgIpc) is 2.75. The maximum Gasteiger partial charge on any atom is 0.241 e. The number of para-hydroxylation sites is 1. The summed E-state index contributed by atoms with van der Waals surface area (Å²) in [4.78, 5) is 31.4. The van der Waals surface area contributed by atoms with Gasteiger partial charge in [0, 0.05) is 42.4 Å². The summed E-state index contributed by atoms with van der Waals surface area (Å²) in [5.74, 6) is 0.570. The predicted molar refractivity (Wildman–Crippen MR) is 123 cm³/mol. The molecule has 1 aliphatic rings. The molecule has 0 spiro atoms. The largest absolute Gasteiger partial charge is 0.340 e. The number of nitrogens with one attached hydrogen (secondary N) is 1. The quantitative estimate of drug-likeness (QED) is 0.716. The number of nitrogens with zero attached hydrogens (tertiary/aromatic N) is 2. The van der Waals surface area contributed by atoms with Gasteiger partial charge in [-0.05, 0) is 37.1 Å². The Kier molecular flexibility index (Phi) is 7.94. The molecule has 160 valence electrons. The van der Waals surface area contributed by atoms with E-state index in [2.05, 4.69) is 36.2 Å². The second-order valence-electron chi connectivity index (χ2n) is 8.09. The van der Waals surface area contributed by atoms with Gasteiger partial charge in [0.05, 0.1) is 11.7 Å². The van der Waals surface area contributed by atoms with Crippen LogP contribution in [0.2, 0.25) is 0 Å². The molecular formula is C24H31N3O2S. The molecule has 5 nitrogen and oxygen atoms in total. The number of rotatable bonds is 7. The normalized spacial score (nSPS) is 15.8. The van der Waals surface area contributed by atoms with Crippen molar-refractivity contribution in [2.75, 3.05) is 31.5 Å². The highest BCUT2D eigenvalue weighted by Gasteiger charge is 2.27. The van der Waals surface area contributed by atoms with E-state index >= 15 is 0 Å². The van der Waals surface area contributed by atoms with Crippen molar-refractivity contribution < 1.29 is 9.59 Å². The molecule has 1 aliphatic heterocycles. The third-order valence-corrected chi connectivity index (χ3v) is 6.38. The zero-order chi connectivity index (χ0) is 21.5. The maximum atomic E-state index is 12.9. The Morgan fingerprint density at radius 1 is 0.933 bits per heavy atom. The van der Waals surface area contributed by atoms with E-state index in [1.165, 1.54) is 0 Å². The van der Waals surface area contributed by atoms with Gasteiger partial charge < -0.3 is 10.2 Å². The Morgan fingerprint density at radius 2 is 1.57 bits per heavy atom.